The monoisotopic (exact) mass is 367 g/mol. The minimum atomic E-state index is -0.362. The summed E-state index contributed by atoms with van der Waals surface area (Å²) in [6, 6.07) is 16.5. The number of carbonyl (C=O) groups is 1. The molecule has 1 aliphatic heterocycles. The van der Waals surface area contributed by atoms with Crippen molar-refractivity contribution in [2.24, 2.45) is 0 Å². The zero-order chi connectivity index (χ0) is 15.9. The molecule has 23 heavy (non-hydrogen) atoms. The second-order valence-corrected chi connectivity index (χ2v) is 7.25. The number of fused-ring (bicyclic) bond motifs is 2. The van der Waals surface area contributed by atoms with Gasteiger partial charge in [0.15, 0.2) is 0 Å². The maximum absolute atomic E-state index is 13.3. The molecule has 4 rings (SSSR count). The van der Waals surface area contributed by atoms with Crippen LogP contribution in [0.15, 0.2) is 65.2 Å². The number of anilines is 1. The summed E-state index contributed by atoms with van der Waals surface area (Å²) in [6.45, 7) is 0.634. The molecule has 1 heterocycles. The van der Waals surface area contributed by atoms with E-state index in [4.69, 9.17) is 0 Å². The first-order valence-corrected chi connectivity index (χ1v) is 8.81. The van der Waals surface area contributed by atoms with Crippen LogP contribution in [0, 0.1) is 0 Å². The van der Waals surface area contributed by atoms with Gasteiger partial charge in [-0.25, -0.2) is 0 Å². The lowest BCUT2D eigenvalue weighted by atomic mass is 9.72. The molecule has 2 aliphatic rings. The van der Waals surface area contributed by atoms with Gasteiger partial charge in [0.1, 0.15) is 0 Å². The Balaban J connectivity index is 1.80. The SMILES string of the molecule is O=C1N(Cc2ccccc2)c2cc(Br)ccc2C12CC=CCC2. The first-order valence-electron chi connectivity index (χ1n) is 8.02. The third-order valence-corrected chi connectivity index (χ3v) is 5.47. The standard InChI is InChI=1S/C20H18BrNO/c21-16-9-10-17-18(13-16)22(14-15-7-3-1-4-8-15)19(23)20(17)11-5-2-6-12-20/h1-5,7-10,13H,6,11-12,14H2. The number of amides is 1. The van der Waals surface area contributed by atoms with Gasteiger partial charge < -0.3 is 4.90 Å². The van der Waals surface area contributed by atoms with Gasteiger partial charge in [-0.05, 0) is 42.5 Å². The Labute approximate surface area is 144 Å². The van der Waals surface area contributed by atoms with Crippen molar-refractivity contribution in [2.45, 2.75) is 31.2 Å². The quantitative estimate of drug-likeness (QED) is 0.685. The van der Waals surface area contributed by atoms with Gasteiger partial charge in [-0.2, -0.15) is 0 Å². The topological polar surface area (TPSA) is 20.3 Å². The third-order valence-electron chi connectivity index (χ3n) is 4.97. The van der Waals surface area contributed by atoms with E-state index in [1.54, 1.807) is 0 Å². The zero-order valence-corrected chi connectivity index (χ0v) is 14.4. The molecule has 0 aromatic heterocycles. The molecule has 0 fully saturated rings. The number of rotatable bonds is 2. The van der Waals surface area contributed by atoms with Gasteiger partial charge in [0, 0.05) is 10.2 Å². The van der Waals surface area contributed by atoms with Crippen LogP contribution < -0.4 is 4.90 Å². The molecule has 2 aromatic carbocycles. The highest BCUT2D eigenvalue weighted by Crippen LogP contribution is 2.49. The Morgan fingerprint density at radius 2 is 1.91 bits per heavy atom. The summed E-state index contributed by atoms with van der Waals surface area (Å²) < 4.78 is 1.02. The highest BCUT2D eigenvalue weighted by atomic mass is 79.9. The van der Waals surface area contributed by atoms with E-state index in [-0.39, 0.29) is 11.3 Å². The lowest BCUT2D eigenvalue weighted by molar-refractivity contribution is -0.123. The smallest absolute Gasteiger partial charge is 0.238 e. The average Bonchev–Trinajstić information content (AvgIpc) is 2.79. The van der Waals surface area contributed by atoms with E-state index in [9.17, 15) is 4.79 Å². The molecule has 0 N–H and O–H groups in total. The number of carbonyl (C=O) groups excluding carboxylic acids is 1. The van der Waals surface area contributed by atoms with Crippen molar-refractivity contribution in [2.75, 3.05) is 4.90 Å². The molecule has 1 aliphatic carbocycles. The molecule has 1 atom stereocenters. The van der Waals surface area contributed by atoms with Gasteiger partial charge in [0.25, 0.3) is 0 Å². The molecular formula is C20H18BrNO. The van der Waals surface area contributed by atoms with Crippen molar-refractivity contribution in [3.8, 4) is 0 Å². The molecule has 1 amide bonds. The number of nitrogens with zero attached hydrogens (tertiary/aromatic N) is 1. The Morgan fingerprint density at radius 3 is 2.65 bits per heavy atom. The van der Waals surface area contributed by atoms with Crippen LogP contribution in [0.2, 0.25) is 0 Å². The molecule has 0 bridgehead atoms. The summed E-state index contributed by atoms with van der Waals surface area (Å²) in [6.07, 6.45) is 7.05. The Hall–Kier alpha value is -1.87. The van der Waals surface area contributed by atoms with Crippen molar-refractivity contribution in [3.63, 3.8) is 0 Å². The van der Waals surface area contributed by atoms with E-state index in [1.807, 2.05) is 23.1 Å². The number of halogens is 1. The highest BCUT2D eigenvalue weighted by Gasteiger charge is 2.50. The summed E-state index contributed by atoms with van der Waals surface area (Å²) in [4.78, 5) is 15.3. The van der Waals surface area contributed by atoms with Crippen LogP contribution in [0.5, 0.6) is 0 Å². The van der Waals surface area contributed by atoms with Gasteiger partial charge in [-0.3, -0.25) is 4.79 Å². The molecule has 0 saturated heterocycles. The maximum atomic E-state index is 13.3. The second-order valence-electron chi connectivity index (χ2n) is 6.33. The van der Waals surface area contributed by atoms with Crippen molar-refractivity contribution in [1.29, 1.82) is 0 Å². The maximum Gasteiger partial charge on any atom is 0.238 e. The van der Waals surface area contributed by atoms with Crippen molar-refractivity contribution in [3.05, 3.63) is 76.3 Å². The largest absolute Gasteiger partial charge is 0.307 e. The van der Waals surface area contributed by atoms with E-state index in [1.165, 1.54) is 5.56 Å². The first kappa shape index (κ1) is 14.7. The third kappa shape index (κ3) is 2.34. The molecule has 0 radical (unpaired) electrons. The first-order chi connectivity index (χ1) is 11.2. The molecule has 2 nitrogen and oxygen atoms in total. The zero-order valence-electron chi connectivity index (χ0n) is 12.8. The van der Waals surface area contributed by atoms with Gasteiger partial charge in [-0.1, -0.05) is 64.5 Å². The Kier molecular flexibility index (Phi) is 3.61. The average molecular weight is 368 g/mol. The molecule has 116 valence electrons. The predicted octanol–water partition coefficient (Wildman–Crippen LogP) is 4.97. The van der Waals surface area contributed by atoms with E-state index in [2.05, 4.69) is 58.4 Å². The molecular weight excluding hydrogens is 350 g/mol. The Morgan fingerprint density at radius 1 is 1.09 bits per heavy atom. The lowest BCUT2D eigenvalue weighted by Crippen LogP contribution is -2.40. The van der Waals surface area contributed by atoms with Crippen LogP contribution in [0.25, 0.3) is 0 Å². The number of hydrogen-bond donors (Lipinski definition) is 0. The molecule has 1 unspecified atom stereocenters. The summed E-state index contributed by atoms with van der Waals surface area (Å²) in [5.41, 5.74) is 3.05. The fourth-order valence-electron chi connectivity index (χ4n) is 3.81. The number of benzene rings is 2. The van der Waals surface area contributed by atoms with E-state index < -0.39 is 0 Å². The minimum absolute atomic E-state index is 0.249. The van der Waals surface area contributed by atoms with Gasteiger partial charge >= 0.3 is 0 Å². The van der Waals surface area contributed by atoms with Crippen molar-refractivity contribution < 1.29 is 4.79 Å². The van der Waals surface area contributed by atoms with Crippen LogP contribution in [-0.4, -0.2) is 5.91 Å². The van der Waals surface area contributed by atoms with Crippen molar-refractivity contribution in [1.82, 2.24) is 0 Å². The lowest BCUT2D eigenvalue weighted by Gasteiger charge is -2.29. The second kappa shape index (κ2) is 5.64. The van der Waals surface area contributed by atoms with Crippen LogP contribution in [0.3, 0.4) is 0 Å². The summed E-state index contributed by atoms with van der Waals surface area (Å²) >= 11 is 3.56. The fourth-order valence-corrected chi connectivity index (χ4v) is 4.16. The molecule has 3 heteroatoms. The van der Waals surface area contributed by atoms with E-state index in [0.29, 0.717) is 6.54 Å². The summed E-state index contributed by atoms with van der Waals surface area (Å²) in [7, 11) is 0. The minimum Gasteiger partial charge on any atom is -0.307 e. The molecule has 2 aromatic rings. The summed E-state index contributed by atoms with van der Waals surface area (Å²) in [5, 5.41) is 0. The molecule has 1 spiro atoms. The van der Waals surface area contributed by atoms with Gasteiger partial charge in [0.05, 0.1) is 12.0 Å². The normalized spacial score (nSPS) is 22.7. The number of hydrogen-bond acceptors (Lipinski definition) is 1. The van der Waals surface area contributed by atoms with Crippen LogP contribution in [0.1, 0.15) is 30.4 Å². The highest BCUT2D eigenvalue weighted by molar-refractivity contribution is 9.10. The van der Waals surface area contributed by atoms with E-state index >= 15 is 0 Å². The van der Waals surface area contributed by atoms with Crippen LogP contribution >= 0.6 is 15.9 Å². The fraction of sp³-hybridized carbons (Fsp3) is 0.250. The van der Waals surface area contributed by atoms with Gasteiger partial charge in [-0.15, -0.1) is 0 Å². The van der Waals surface area contributed by atoms with Gasteiger partial charge in [0.2, 0.25) is 5.91 Å². The summed E-state index contributed by atoms with van der Waals surface area (Å²) in [5.74, 6) is 0.249. The molecule has 0 saturated carbocycles. The Bertz CT molecular complexity index is 783. The van der Waals surface area contributed by atoms with Crippen LogP contribution in [-0.2, 0) is 16.8 Å². The van der Waals surface area contributed by atoms with Crippen LogP contribution in [0.4, 0.5) is 5.69 Å². The predicted molar refractivity (Wildman–Crippen MR) is 96.4 cm³/mol. The van der Waals surface area contributed by atoms with Crippen molar-refractivity contribution >= 4 is 27.5 Å². The van der Waals surface area contributed by atoms with E-state index in [0.717, 1.165) is 35.0 Å². The number of allylic oxidation sites excluding steroid dienone is 2.